The van der Waals surface area contributed by atoms with E-state index in [0.717, 1.165) is 49.8 Å². The van der Waals surface area contributed by atoms with Crippen LogP contribution in [0.15, 0.2) is 30.3 Å². The highest BCUT2D eigenvalue weighted by molar-refractivity contribution is 6.06. The highest BCUT2D eigenvalue weighted by atomic mass is 16.5. The van der Waals surface area contributed by atoms with Crippen LogP contribution in [-0.2, 0) is 0 Å². The first-order valence-electron chi connectivity index (χ1n) is 9.72. The molecule has 1 aromatic carbocycles. The zero-order valence-corrected chi connectivity index (χ0v) is 16.3. The number of pyridine rings is 1. The van der Waals surface area contributed by atoms with Crippen molar-refractivity contribution in [1.82, 2.24) is 15.2 Å². The normalized spacial score (nSPS) is 11.1. The fraction of sp³-hybridized carbons (Fsp3) is 0.524. The van der Waals surface area contributed by atoms with E-state index in [1.165, 1.54) is 0 Å². The highest BCUT2D eigenvalue weighted by Gasteiger charge is 2.13. The molecule has 0 bridgehead atoms. The van der Waals surface area contributed by atoms with Crippen molar-refractivity contribution in [3.8, 4) is 5.88 Å². The van der Waals surface area contributed by atoms with Crippen LogP contribution in [0.3, 0.4) is 0 Å². The third-order valence-corrected chi connectivity index (χ3v) is 4.52. The van der Waals surface area contributed by atoms with Crippen molar-refractivity contribution in [2.45, 2.75) is 40.0 Å². The molecule has 0 radical (unpaired) electrons. The minimum Gasteiger partial charge on any atom is -0.478 e. The van der Waals surface area contributed by atoms with E-state index in [-0.39, 0.29) is 5.91 Å². The van der Waals surface area contributed by atoms with Gasteiger partial charge in [-0.15, -0.1) is 0 Å². The molecule has 2 aromatic rings. The quantitative estimate of drug-likeness (QED) is 0.620. The lowest BCUT2D eigenvalue weighted by Gasteiger charge is -2.17. The van der Waals surface area contributed by atoms with Crippen LogP contribution in [0, 0.1) is 0 Å². The fourth-order valence-electron chi connectivity index (χ4n) is 2.87. The molecule has 0 aliphatic carbocycles. The van der Waals surface area contributed by atoms with Crippen molar-refractivity contribution in [2.24, 2.45) is 0 Å². The molecule has 2 rings (SSSR count). The molecule has 0 aliphatic rings. The lowest BCUT2D eigenvalue weighted by atomic mass is 10.1. The number of rotatable bonds is 11. The van der Waals surface area contributed by atoms with Crippen LogP contribution in [0.2, 0.25) is 0 Å². The van der Waals surface area contributed by atoms with Crippen molar-refractivity contribution in [3.05, 3.63) is 35.9 Å². The van der Waals surface area contributed by atoms with Gasteiger partial charge in [0, 0.05) is 18.0 Å². The van der Waals surface area contributed by atoms with Gasteiger partial charge in [0.2, 0.25) is 5.88 Å². The van der Waals surface area contributed by atoms with Crippen molar-refractivity contribution < 1.29 is 9.53 Å². The Morgan fingerprint density at radius 1 is 1.15 bits per heavy atom. The van der Waals surface area contributed by atoms with Crippen LogP contribution < -0.4 is 10.1 Å². The molecule has 26 heavy (non-hydrogen) atoms. The molecule has 5 heteroatoms. The third-order valence-electron chi connectivity index (χ3n) is 4.52. The van der Waals surface area contributed by atoms with E-state index in [0.29, 0.717) is 24.6 Å². The van der Waals surface area contributed by atoms with Gasteiger partial charge in [-0.2, -0.15) is 0 Å². The Morgan fingerprint density at radius 2 is 1.92 bits per heavy atom. The summed E-state index contributed by atoms with van der Waals surface area (Å²) < 4.78 is 5.73. The number of aromatic nitrogens is 1. The van der Waals surface area contributed by atoms with Crippen LogP contribution in [0.4, 0.5) is 0 Å². The number of nitrogens with zero attached hydrogens (tertiary/aromatic N) is 2. The molecule has 5 nitrogen and oxygen atoms in total. The number of fused-ring (bicyclic) bond motifs is 1. The fourth-order valence-corrected chi connectivity index (χ4v) is 2.87. The molecule has 0 saturated carbocycles. The van der Waals surface area contributed by atoms with Gasteiger partial charge < -0.3 is 15.0 Å². The number of hydrogen-bond acceptors (Lipinski definition) is 4. The average Bonchev–Trinajstić information content (AvgIpc) is 2.67. The smallest absolute Gasteiger partial charge is 0.252 e. The maximum Gasteiger partial charge on any atom is 0.252 e. The predicted molar refractivity (Wildman–Crippen MR) is 107 cm³/mol. The minimum absolute atomic E-state index is 0.0662. The zero-order chi connectivity index (χ0) is 18.8. The molecule has 0 fully saturated rings. The van der Waals surface area contributed by atoms with Crippen LogP contribution in [0.25, 0.3) is 10.9 Å². The first kappa shape index (κ1) is 20.2. The van der Waals surface area contributed by atoms with E-state index in [2.05, 4.69) is 36.0 Å². The maximum absolute atomic E-state index is 12.7. The summed E-state index contributed by atoms with van der Waals surface area (Å²) in [6, 6.07) is 9.47. The summed E-state index contributed by atoms with van der Waals surface area (Å²) >= 11 is 0. The van der Waals surface area contributed by atoms with Crippen molar-refractivity contribution in [3.63, 3.8) is 0 Å². The molecular weight excluding hydrogens is 326 g/mol. The summed E-state index contributed by atoms with van der Waals surface area (Å²) in [7, 11) is 0. The third kappa shape index (κ3) is 5.70. The second kappa shape index (κ2) is 10.8. The molecule has 0 unspecified atom stereocenters. The second-order valence-corrected chi connectivity index (χ2v) is 6.36. The van der Waals surface area contributed by atoms with Gasteiger partial charge in [0.05, 0.1) is 17.7 Å². The summed E-state index contributed by atoms with van der Waals surface area (Å²) in [6.07, 6.45) is 2.98. The topological polar surface area (TPSA) is 54.5 Å². The lowest BCUT2D eigenvalue weighted by Crippen LogP contribution is -2.30. The summed E-state index contributed by atoms with van der Waals surface area (Å²) in [6.45, 7) is 10.8. The van der Waals surface area contributed by atoms with Crippen LogP contribution in [0.1, 0.15) is 50.4 Å². The van der Waals surface area contributed by atoms with Crippen molar-refractivity contribution in [1.29, 1.82) is 0 Å². The van der Waals surface area contributed by atoms with Gasteiger partial charge in [0.25, 0.3) is 5.91 Å². The SMILES string of the molecule is CCCCOc1cc(C(=O)NCCCN(CC)CC)c2ccccc2n1. The van der Waals surface area contributed by atoms with E-state index in [4.69, 9.17) is 4.74 Å². The van der Waals surface area contributed by atoms with Crippen LogP contribution in [0.5, 0.6) is 5.88 Å². The molecule has 0 atom stereocenters. The Hall–Kier alpha value is -2.14. The van der Waals surface area contributed by atoms with E-state index < -0.39 is 0 Å². The molecule has 0 spiro atoms. The van der Waals surface area contributed by atoms with E-state index >= 15 is 0 Å². The first-order chi connectivity index (χ1) is 12.7. The Bertz CT molecular complexity index is 699. The first-order valence-corrected chi connectivity index (χ1v) is 9.72. The van der Waals surface area contributed by atoms with Crippen molar-refractivity contribution in [2.75, 3.05) is 32.8 Å². The Balaban J connectivity index is 2.06. The summed E-state index contributed by atoms with van der Waals surface area (Å²) in [5.41, 5.74) is 1.42. The van der Waals surface area contributed by atoms with Crippen molar-refractivity contribution >= 4 is 16.8 Å². The zero-order valence-electron chi connectivity index (χ0n) is 16.3. The predicted octanol–water partition coefficient (Wildman–Crippen LogP) is 3.88. The number of nitrogens with one attached hydrogen (secondary N) is 1. The molecular formula is C21H31N3O2. The minimum atomic E-state index is -0.0662. The largest absolute Gasteiger partial charge is 0.478 e. The molecule has 1 N–H and O–H groups in total. The number of para-hydroxylation sites is 1. The number of benzene rings is 1. The molecule has 1 heterocycles. The standard InChI is InChI=1S/C21H31N3O2/c1-4-7-15-26-20-16-18(17-11-8-9-12-19(17)23-20)21(25)22-13-10-14-24(5-2)6-3/h8-9,11-12,16H,4-7,10,13-15H2,1-3H3,(H,22,25). The highest BCUT2D eigenvalue weighted by Crippen LogP contribution is 2.22. The Kier molecular flexibility index (Phi) is 8.35. The lowest BCUT2D eigenvalue weighted by molar-refractivity contribution is 0.0953. The van der Waals surface area contributed by atoms with Crippen LogP contribution >= 0.6 is 0 Å². The molecule has 0 aliphatic heterocycles. The monoisotopic (exact) mass is 357 g/mol. The van der Waals surface area contributed by atoms with Gasteiger partial charge in [0.15, 0.2) is 0 Å². The van der Waals surface area contributed by atoms with E-state index in [1.807, 2.05) is 24.3 Å². The van der Waals surface area contributed by atoms with E-state index in [9.17, 15) is 4.79 Å². The summed E-state index contributed by atoms with van der Waals surface area (Å²) in [5, 5.41) is 3.90. The number of amides is 1. The maximum atomic E-state index is 12.7. The second-order valence-electron chi connectivity index (χ2n) is 6.36. The number of ether oxygens (including phenoxy) is 1. The van der Waals surface area contributed by atoms with Crippen LogP contribution in [-0.4, -0.2) is 48.6 Å². The molecule has 142 valence electrons. The van der Waals surface area contributed by atoms with Gasteiger partial charge in [-0.05, 0) is 38.5 Å². The van der Waals surface area contributed by atoms with Gasteiger partial charge in [-0.3, -0.25) is 4.79 Å². The summed E-state index contributed by atoms with van der Waals surface area (Å²) in [5.74, 6) is 0.453. The molecule has 1 amide bonds. The number of unbranched alkanes of at least 4 members (excludes halogenated alkanes) is 1. The number of carbonyl (C=O) groups excluding carboxylic acids is 1. The average molecular weight is 357 g/mol. The van der Waals surface area contributed by atoms with Gasteiger partial charge in [0.1, 0.15) is 0 Å². The van der Waals surface area contributed by atoms with Gasteiger partial charge in [-0.25, -0.2) is 4.98 Å². The van der Waals surface area contributed by atoms with E-state index in [1.54, 1.807) is 6.07 Å². The van der Waals surface area contributed by atoms with Gasteiger partial charge in [-0.1, -0.05) is 45.4 Å². The number of carbonyl (C=O) groups is 1. The number of hydrogen-bond donors (Lipinski definition) is 1. The molecule has 1 aromatic heterocycles. The van der Waals surface area contributed by atoms with Gasteiger partial charge >= 0.3 is 0 Å². The molecule has 0 saturated heterocycles. The summed E-state index contributed by atoms with van der Waals surface area (Å²) in [4.78, 5) is 19.6. The Morgan fingerprint density at radius 3 is 2.65 bits per heavy atom. The Labute approximate surface area is 156 Å².